The molecule has 0 radical (unpaired) electrons. The van der Waals surface area contributed by atoms with Crippen molar-refractivity contribution in [1.82, 2.24) is 10.2 Å². The van der Waals surface area contributed by atoms with Crippen LogP contribution in [0, 0.1) is 13.8 Å². The van der Waals surface area contributed by atoms with Crippen LogP contribution in [-0.4, -0.2) is 10.2 Å². The number of hydrogen-bond donors (Lipinski definition) is 0. The van der Waals surface area contributed by atoms with Gasteiger partial charge in [-0.1, -0.05) is 28.1 Å². The zero-order valence-corrected chi connectivity index (χ0v) is 12.8. The predicted molar refractivity (Wildman–Crippen MR) is 83.2 cm³/mol. The molecule has 0 amide bonds. The van der Waals surface area contributed by atoms with Crippen molar-refractivity contribution in [3.8, 4) is 11.5 Å². The van der Waals surface area contributed by atoms with Crippen LogP contribution in [0.3, 0.4) is 0 Å². The molecule has 1 heterocycles. The van der Waals surface area contributed by atoms with Crippen LogP contribution < -0.4 is 4.74 Å². The van der Waals surface area contributed by atoms with Crippen LogP contribution in [0.2, 0.25) is 0 Å². The van der Waals surface area contributed by atoms with Gasteiger partial charge < -0.3 is 4.74 Å². The van der Waals surface area contributed by atoms with Gasteiger partial charge in [0, 0.05) is 9.86 Å². The summed E-state index contributed by atoms with van der Waals surface area (Å²) in [5.41, 5.74) is 3.12. The van der Waals surface area contributed by atoms with E-state index in [1.165, 1.54) is 0 Å². The molecular formula is C16H13BrN2O. The van der Waals surface area contributed by atoms with E-state index in [0.717, 1.165) is 38.0 Å². The summed E-state index contributed by atoms with van der Waals surface area (Å²) in [6.45, 7) is 4.10. The lowest BCUT2D eigenvalue weighted by Crippen LogP contribution is -1.92. The Hall–Kier alpha value is -1.94. The van der Waals surface area contributed by atoms with Crippen LogP contribution in [0.5, 0.6) is 11.5 Å². The van der Waals surface area contributed by atoms with Crippen molar-refractivity contribution in [2.75, 3.05) is 0 Å². The molecule has 3 nitrogen and oxygen atoms in total. The van der Waals surface area contributed by atoms with Gasteiger partial charge in [-0.2, -0.15) is 10.2 Å². The van der Waals surface area contributed by atoms with Gasteiger partial charge in [-0.15, -0.1) is 0 Å². The Morgan fingerprint density at radius 2 is 1.75 bits per heavy atom. The maximum atomic E-state index is 5.98. The van der Waals surface area contributed by atoms with Crippen LogP contribution in [0.25, 0.3) is 10.9 Å². The quantitative estimate of drug-likeness (QED) is 0.677. The second kappa shape index (κ2) is 5.21. The molecule has 2 aromatic carbocycles. The van der Waals surface area contributed by atoms with Crippen molar-refractivity contribution < 1.29 is 4.74 Å². The summed E-state index contributed by atoms with van der Waals surface area (Å²) in [6, 6.07) is 11.8. The summed E-state index contributed by atoms with van der Waals surface area (Å²) in [5, 5.41) is 9.04. The largest absolute Gasteiger partial charge is 0.455 e. The molecule has 0 bridgehead atoms. The van der Waals surface area contributed by atoms with Gasteiger partial charge in [0.25, 0.3) is 0 Å². The van der Waals surface area contributed by atoms with Crippen LogP contribution in [0.1, 0.15) is 11.1 Å². The molecule has 0 spiro atoms. The fraction of sp³-hybridized carbons (Fsp3) is 0.125. The Balaban J connectivity index is 2.06. The van der Waals surface area contributed by atoms with Crippen LogP contribution >= 0.6 is 15.9 Å². The first kappa shape index (κ1) is 13.1. The fourth-order valence-corrected chi connectivity index (χ4v) is 2.38. The van der Waals surface area contributed by atoms with Gasteiger partial charge in [-0.3, -0.25) is 0 Å². The van der Waals surface area contributed by atoms with E-state index in [1.807, 2.05) is 50.2 Å². The topological polar surface area (TPSA) is 35.0 Å². The lowest BCUT2D eigenvalue weighted by Gasteiger charge is -2.11. The van der Waals surface area contributed by atoms with Gasteiger partial charge in [0.1, 0.15) is 5.75 Å². The Morgan fingerprint density at radius 3 is 2.50 bits per heavy atom. The zero-order chi connectivity index (χ0) is 14.1. The summed E-state index contributed by atoms with van der Waals surface area (Å²) >= 11 is 3.56. The Morgan fingerprint density at radius 1 is 1.05 bits per heavy atom. The van der Waals surface area contributed by atoms with Crippen molar-refractivity contribution in [1.29, 1.82) is 0 Å². The van der Waals surface area contributed by atoms with Crippen molar-refractivity contribution >= 4 is 26.8 Å². The maximum Gasteiger partial charge on any atom is 0.156 e. The molecule has 100 valence electrons. The molecule has 1 aromatic heterocycles. The van der Waals surface area contributed by atoms with Gasteiger partial charge in [0.15, 0.2) is 5.75 Å². The molecule has 0 unspecified atom stereocenters. The van der Waals surface area contributed by atoms with E-state index >= 15 is 0 Å². The molecular weight excluding hydrogens is 316 g/mol. The molecule has 3 rings (SSSR count). The van der Waals surface area contributed by atoms with Crippen molar-refractivity contribution in [3.63, 3.8) is 0 Å². The number of hydrogen-bond acceptors (Lipinski definition) is 3. The lowest BCUT2D eigenvalue weighted by atomic mass is 10.1. The number of ether oxygens (including phenoxy) is 1. The normalized spacial score (nSPS) is 10.8. The Bertz CT molecular complexity index is 758. The highest BCUT2D eigenvalue weighted by molar-refractivity contribution is 9.10. The molecule has 0 fully saturated rings. The van der Waals surface area contributed by atoms with Gasteiger partial charge in [-0.25, -0.2) is 0 Å². The SMILES string of the molecule is Cc1cc(Oc2cnnc3ccccc23)cc(C)c1Br. The average Bonchev–Trinajstić information content (AvgIpc) is 2.45. The first-order valence-electron chi connectivity index (χ1n) is 6.30. The van der Waals surface area contributed by atoms with E-state index in [2.05, 4.69) is 26.1 Å². The summed E-state index contributed by atoms with van der Waals surface area (Å²) < 4.78 is 7.10. The second-order valence-electron chi connectivity index (χ2n) is 4.70. The highest BCUT2D eigenvalue weighted by Gasteiger charge is 2.07. The van der Waals surface area contributed by atoms with Crippen LogP contribution in [0.15, 0.2) is 47.1 Å². The van der Waals surface area contributed by atoms with Gasteiger partial charge in [-0.05, 0) is 49.2 Å². The van der Waals surface area contributed by atoms with Crippen LogP contribution in [0.4, 0.5) is 0 Å². The fourth-order valence-electron chi connectivity index (χ4n) is 2.16. The number of nitrogens with zero attached hydrogens (tertiary/aromatic N) is 2. The predicted octanol–water partition coefficient (Wildman–Crippen LogP) is 4.80. The van der Waals surface area contributed by atoms with Gasteiger partial charge in [0.2, 0.25) is 0 Å². The van der Waals surface area contributed by atoms with E-state index < -0.39 is 0 Å². The maximum absolute atomic E-state index is 5.98. The molecule has 4 heteroatoms. The van der Waals surface area contributed by atoms with Gasteiger partial charge in [0.05, 0.1) is 11.7 Å². The molecule has 0 atom stereocenters. The average molecular weight is 329 g/mol. The number of rotatable bonds is 2. The summed E-state index contributed by atoms with van der Waals surface area (Å²) in [4.78, 5) is 0. The Labute approximate surface area is 125 Å². The molecule has 0 N–H and O–H groups in total. The summed E-state index contributed by atoms with van der Waals surface area (Å²) in [6.07, 6.45) is 1.65. The van der Waals surface area contributed by atoms with E-state index in [-0.39, 0.29) is 0 Å². The monoisotopic (exact) mass is 328 g/mol. The number of aryl methyl sites for hydroxylation is 2. The van der Waals surface area contributed by atoms with E-state index in [4.69, 9.17) is 4.74 Å². The summed E-state index contributed by atoms with van der Waals surface area (Å²) in [5.74, 6) is 1.53. The second-order valence-corrected chi connectivity index (χ2v) is 5.49. The van der Waals surface area contributed by atoms with Crippen LogP contribution in [-0.2, 0) is 0 Å². The van der Waals surface area contributed by atoms with E-state index in [1.54, 1.807) is 6.20 Å². The first-order chi connectivity index (χ1) is 9.65. The van der Waals surface area contributed by atoms with E-state index in [0.29, 0.717) is 0 Å². The standard InChI is InChI=1S/C16H13BrN2O/c1-10-7-12(8-11(2)16(10)17)20-15-9-18-19-14-6-4-3-5-13(14)15/h3-9H,1-2H3. The molecule has 0 aliphatic heterocycles. The third-order valence-electron chi connectivity index (χ3n) is 3.15. The van der Waals surface area contributed by atoms with Gasteiger partial charge >= 0.3 is 0 Å². The molecule has 0 saturated heterocycles. The van der Waals surface area contributed by atoms with Crippen molar-refractivity contribution in [3.05, 3.63) is 58.2 Å². The first-order valence-corrected chi connectivity index (χ1v) is 7.09. The number of fused-ring (bicyclic) bond motifs is 1. The minimum absolute atomic E-state index is 0.719. The zero-order valence-electron chi connectivity index (χ0n) is 11.2. The van der Waals surface area contributed by atoms with Crippen molar-refractivity contribution in [2.45, 2.75) is 13.8 Å². The molecule has 20 heavy (non-hydrogen) atoms. The number of benzene rings is 2. The molecule has 0 saturated carbocycles. The Kier molecular flexibility index (Phi) is 3.40. The van der Waals surface area contributed by atoms with E-state index in [9.17, 15) is 0 Å². The lowest BCUT2D eigenvalue weighted by molar-refractivity contribution is 0.484. The highest BCUT2D eigenvalue weighted by Crippen LogP contribution is 2.31. The summed E-state index contributed by atoms with van der Waals surface area (Å²) in [7, 11) is 0. The third kappa shape index (κ3) is 2.39. The minimum Gasteiger partial charge on any atom is -0.455 e. The minimum atomic E-state index is 0.719. The number of aromatic nitrogens is 2. The number of halogens is 1. The molecule has 0 aliphatic rings. The molecule has 0 aliphatic carbocycles. The molecule has 3 aromatic rings. The third-order valence-corrected chi connectivity index (χ3v) is 4.40. The highest BCUT2D eigenvalue weighted by atomic mass is 79.9. The smallest absolute Gasteiger partial charge is 0.156 e. The van der Waals surface area contributed by atoms with Crippen molar-refractivity contribution in [2.24, 2.45) is 0 Å².